The van der Waals surface area contributed by atoms with Gasteiger partial charge in [-0.1, -0.05) is 12.1 Å². The predicted molar refractivity (Wildman–Crippen MR) is 124 cm³/mol. The van der Waals surface area contributed by atoms with E-state index in [0.717, 1.165) is 9.87 Å². The lowest BCUT2D eigenvalue weighted by Gasteiger charge is -2.09. The van der Waals surface area contributed by atoms with E-state index in [9.17, 15) is 18.0 Å². The van der Waals surface area contributed by atoms with Crippen molar-refractivity contribution in [2.75, 3.05) is 27.7 Å². The highest BCUT2D eigenvalue weighted by Crippen LogP contribution is 2.23. The molecule has 3 aromatic rings. The first kappa shape index (κ1) is 24.9. The molecular formula is C23H26N4O6S. The average Bonchev–Trinajstić information content (AvgIpc) is 3.21. The van der Waals surface area contributed by atoms with Gasteiger partial charge in [-0.05, 0) is 37.1 Å². The number of aromatic nitrogens is 1. The van der Waals surface area contributed by atoms with Gasteiger partial charge in [0.2, 0.25) is 5.09 Å². The Bertz CT molecular complexity index is 1300. The normalized spacial score (nSPS) is 11.3. The van der Waals surface area contributed by atoms with Crippen molar-refractivity contribution in [1.29, 1.82) is 0 Å². The summed E-state index contributed by atoms with van der Waals surface area (Å²) < 4.78 is 36.6. The Hall–Kier alpha value is -3.70. The van der Waals surface area contributed by atoms with Crippen LogP contribution in [0, 0.1) is 6.92 Å². The summed E-state index contributed by atoms with van der Waals surface area (Å²) in [4.78, 5) is 28.3. The standard InChI is InChI=1S/C23H26N4O6S/c1-15-19(14-21(32-15)34(30,31)27(3)4)22(28)26-10-8-16-6-5-7-17(12-16)33-18-9-11-25-20(13-18)23(29)24-2/h5-7,9,11-14H,8,10H2,1-4H3,(H,24,29)(H,26,28). The molecule has 0 aliphatic carbocycles. The number of hydrogen-bond acceptors (Lipinski definition) is 7. The Morgan fingerprint density at radius 1 is 1.09 bits per heavy atom. The van der Waals surface area contributed by atoms with E-state index in [4.69, 9.17) is 9.15 Å². The van der Waals surface area contributed by atoms with Crippen molar-refractivity contribution in [3.8, 4) is 11.5 Å². The number of pyridine rings is 1. The Morgan fingerprint density at radius 3 is 2.53 bits per heavy atom. The van der Waals surface area contributed by atoms with Gasteiger partial charge in [0.25, 0.3) is 21.8 Å². The molecule has 2 N–H and O–H groups in total. The molecule has 3 rings (SSSR count). The van der Waals surface area contributed by atoms with Crippen molar-refractivity contribution in [1.82, 2.24) is 19.9 Å². The second kappa shape index (κ2) is 10.5. The first-order valence-corrected chi connectivity index (χ1v) is 11.8. The number of rotatable bonds is 9. The van der Waals surface area contributed by atoms with Gasteiger partial charge in [0.15, 0.2) is 0 Å². The zero-order chi connectivity index (χ0) is 24.9. The van der Waals surface area contributed by atoms with Gasteiger partial charge in [-0.25, -0.2) is 12.7 Å². The van der Waals surface area contributed by atoms with E-state index in [2.05, 4.69) is 15.6 Å². The lowest BCUT2D eigenvalue weighted by Crippen LogP contribution is -2.26. The minimum Gasteiger partial charge on any atom is -0.457 e. The van der Waals surface area contributed by atoms with E-state index in [-0.39, 0.29) is 28.0 Å². The molecule has 0 fully saturated rings. The Morgan fingerprint density at radius 2 is 1.82 bits per heavy atom. The number of ether oxygens (including phenoxy) is 1. The van der Waals surface area contributed by atoms with Crippen LogP contribution in [0.2, 0.25) is 0 Å². The lowest BCUT2D eigenvalue weighted by molar-refractivity contribution is 0.0946. The molecule has 0 unspecified atom stereocenters. The number of carbonyl (C=O) groups is 2. The molecule has 0 saturated carbocycles. The van der Waals surface area contributed by atoms with Gasteiger partial charge >= 0.3 is 0 Å². The van der Waals surface area contributed by atoms with Crippen molar-refractivity contribution in [3.63, 3.8) is 0 Å². The van der Waals surface area contributed by atoms with Gasteiger partial charge in [-0.2, -0.15) is 0 Å². The third-order valence-electron chi connectivity index (χ3n) is 4.90. The van der Waals surface area contributed by atoms with Crippen LogP contribution in [0.1, 0.15) is 32.2 Å². The molecule has 0 spiro atoms. The highest BCUT2D eigenvalue weighted by molar-refractivity contribution is 7.88. The fraction of sp³-hybridized carbons (Fsp3) is 0.261. The molecule has 10 nitrogen and oxygen atoms in total. The van der Waals surface area contributed by atoms with Gasteiger partial charge in [-0.15, -0.1) is 0 Å². The van der Waals surface area contributed by atoms with Crippen molar-refractivity contribution < 1.29 is 27.2 Å². The third-order valence-corrected chi connectivity index (χ3v) is 6.57. The molecule has 0 aliphatic heterocycles. The second-order valence-corrected chi connectivity index (χ2v) is 9.62. The summed E-state index contributed by atoms with van der Waals surface area (Å²) in [6.07, 6.45) is 2.01. The minimum atomic E-state index is -3.77. The SMILES string of the molecule is CNC(=O)c1cc(Oc2cccc(CCNC(=O)c3cc(S(=O)(=O)N(C)C)oc3C)c2)ccn1. The highest BCUT2D eigenvalue weighted by atomic mass is 32.2. The van der Waals surface area contributed by atoms with E-state index >= 15 is 0 Å². The molecule has 0 bridgehead atoms. The number of aryl methyl sites for hydroxylation is 1. The fourth-order valence-electron chi connectivity index (χ4n) is 3.03. The molecular weight excluding hydrogens is 460 g/mol. The Balaban J connectivity index is 1.61. The van der Waals surface area contributed by atoms with Crippen LogP contribution in [0.15, 0.2) is 58.2 Å². The monoisotopic (exact) mass is 486 g/mol. The van der Waals surface area contributed by atoms with Crippen LogP contribution < -0.4 is 15.4 Å². The van der Waals surface area contributed by atoms with Crippen LogP contribution in [-0.4, -0.2) is 57.2 Å². The molecule has 180 valence electrons. The number of amides is 2. The lowest BCUT2D eigenvalue weighted by atomic mass is 10.1. The van der Waals surface area contributed by atoms with Crippen molar-refractivity contribution >= 4 is 21.8 Å². The smallest absolute Gasteiger partial charge is 0.275 e. The molecule has 0 radical (unpaired) electrons. The van der Waals surface area contributed by atoms with Crippen LogP contribution in [0.3, 0.4) is 0 Å². The largest absolute Gasteiger partial charge is 0.457 e. The maximum atomic E-state index is 12.5. The number of nitrogens with one attached hydrogen (secondary N) is 2. The molecule has 1 aromatic carbocycles. The zero-order valence-corrected chi connectivity index (χ0v) is 20.1. The van der Waals surface area contributed by atoms with E-state index in [1.54, 1.807) is 25.1 Å². The molecule has 2 amide bonds. The third kappa shape index (κ3) is 5.80. The summed E-state index contributed by atoms with van der Waals surface area (Å²) in [5.74, 6) is 0.531. The first-order chi connectivity index (χ1) is 16.1. The number of furan rings is 1. The van der Waals surface area contributed by atoms with E-state index in [1.807, 2.05) is 18.2 Å². The van der Waals surface area contributed by atoms with Crippen molar-refractivity contribution in [2.24, 2.45) is 0 Å². The maximum Gasteiger partial charge on any atom is 0.275 e. The molecule has 34 heavy (non-hydrogen) atoms. The number of sulfonamides is 1. The summed E-state index contributed by atoms with van der Waals surface area (Å²) in [5, 5.41) is 5.01. The number of carbonyl (C=O) groups excluding carboxylic acids is 2. The van der Waals surface area contributed by atoms with Crippen molar-refractivity contribution in [2.45, 2.75) is 18.4 Å². The fourth-order valence-corrected chi connectivity index (χ4v) is 3.89. The summed E-state index contributed by atoms with van der Waals surface area (Å²) in [6, 6.07) is 11.8. The number of benzene rings is 1. The van der Waals surface area contributed by atoms with Gasteiger partial charge in [0.1, 0.15) is 23.0 Å². The summed E-state index contributed by atoms with van der Waals surface area (Å²) in [6.45, 7) is 1.86. The molecule has 0 aliphatic rings. The van der Waals surface area contributed by atoms with Crippen LogP contribution in [0.4, 0.5) is 0 Å². The molecule has 0 atom stereocenters. The van der Waals surface area contributed by atoms with Gasteiger partial charge in [0.05, 0.1) is 5.56 Å². The van der Waals surface area contributed by atoms with Gasteiger partial charge in [0, 0.05) is 46.0 Å². The molecule has 2 heterocycles. The van der Waals surface area contributed by atoms with Gasteiger partial charge in [-0.3, -0.25) is 14.6 Å². The van der Waals surface area contributed by atoms with Gasteiger partial charge < -0.3 is 19.8 Å². The second-order valence-electron chi connectivity index (χ2n) is 7.53. The van der Waals surface area contributed by atoms with Crippen LogP contribution in [-0.2, 0) is 16.4 Å². The number of nitrogens with zero attached hydrogens (tertiary/aromatic N) is 2. The average molecular weight is 487 g/mol. The van der Waals surface area contributed by atoms with Crippen LogP contribution >= 0.6 is 0 Å². The molecule has 2 aromatic heterocycles. The molecule has 0 saturated heterocycles. The topological polar surface area (TPSA) is 131 Å². The maximum absolute atomic E-state index is 12.5. The summed E-state index contributed by atoms with van der Waals surface area (Å²) in [5.41, 5.74) is 1.33. The van der Waals surface area contributed by atoms with Crippen LogP contribution in [0.5, 0.6) is 11.5 Å². The Labute approximate surface area is 198 Å². The van der Waals surface area contributed by atoms with Crippen LogP contribution in [0.25, 0.3) is 0 Å². The minimum absolute atomic E-state index is 0.169. The highest BCUT2D eigenvalue weighted by Gasteiger charge is 2.25. The summed E-state index contributed by atoms with van der Waals surface area (Å²) >= 11 is 0. The summed E-state index contributed by atoms with van der Waals surface area (Å²) in [7, 11) is 0.536. The van der Waals surface area contributed by atoms with E-state index in [0.29, 0.717) is 24.5 Å². The predicted octanol–water partition coefficient (Wildman–Crippen LogP) is 2.36. The number of hydrogen-bond donors (Lipinski definition) is 2. The Kier molecular flexibility index (Phi) is 7.69. The first-order valence-electron chi connectivity index (χ1n) is 10.4. The zero-order valence-electron chi connectivity index (χ0n) is 19.3. The van der Waals surface area contributed by atoms with Crippen molar-refractivity contribution in [3.05, 3.63) is 71.2 Å². The van der Waals surface area contributed by atoms with E-state index in [1.165, 1.54) is 33.4 Å². The molecule has 11 heteroatoms. The quantitative estimate of drug-likeness (QED) is 0.475. The van der Waals surface area contributed by atoms with E-state index < -0.39 is 15.9 Å².